The smallest absolute Gasteiger partial charge is 0.0553 e. The maximum Gasteiger partial charge on any atom is 0.0553 e. The van der Waals surface area contributed by atoms with Crippen LogP contribution in [0.15, 0.2) is 55.1 Å². The van der Waals surface area contributed by atoms with Crippen molar-refractivity contribution in [1.82, 2.24) is 0 Å². The monoisotopic (exact) mass is 216 g/mol. The molecule has 1 heteroatoms. The maximum atomic E-state index is 6.03. The third-order valence-electron chi connectivity index (χ3n) is 2.50. The van der Waals surface area contributed by atoms with Crippen LogP contribution in [0.2, 0.25) is 0 Å². The van der Waals surface area contributed by atoms with Gasteiger partial charge in [0.1, 0.15) is 0 Å². The predicted molar refractivity (Wildman–Crippen MR) is 67.5 cm³/mol. The Hall–Kier alpha value is -1.27. The van der Waals surface area contributed by atoms with E-state index in [0.717, 1.165) is 6.42 Å². The van der Waals surface area contributed by atoms with Crippen LogP contribution in [-0.4, -0.2) is 5.38 Å². The summed E-state index contributed by atoms with van der Waals surface area (Å²) in [4.78, 5) is 0. The lowest BCUT2D eigenvalue weighted by molar-refractivity contribution is 1.01. The molecule has 0 aromatic heterocycles. The molecular formula is C14H13Cl. The van der Waals surface area contributed by atoms with Gasteiger partial charge in [-0.1, -0.05) is 48.5 Å². The maximum absolute atomic E-state index is 6.03. The van der Waals surface area contributed by atoms with Crippen LogP contribution in [0.4, 0.5) is 0 Å². The number of alkyl halides is 1. The molecule has 0 spiro atoms. The molecule has 0 amide bonds. The van der Waals surface area contributed by atoms with Gasteiger partial charge in [0.25, 0.3) is 0 Å². The zero-order valence-electron chi connectivity index (χ0n) is 8.49. The largest absolute Gasteiger partial charge is 0.118 e. The lowest BCUT2D eigenvalue weighted by Gasteiger charge is -2.05. The summed E-state index contributed by atoms with van der Waals surface area (Å²) in [5.74, 6) is 0. The number of hydrogen-bond donors (Lipinski definition) is 0. The molecule has 0 nitrogen and oxygen atoms in total. The second kappa shape index (κ2) is 4.50. The van der Waals surface area contributed by atoms with E-state index in [1.807, 2.05) is 0 Å². The molecule has 76 valence electrons. The second-order valence-electron chi connectivity index (χ2n) is 3.64. The van der Waals surface area contributed by atoms with Crippen molar-refractivity contribution in [3.63, 3.8) is 0 Å². The summed E-state index contributed by atoms with van der Waals surface area (Å²) < 4.78 is 0. The number of hydrogen-bond acceptors (Lipinski definition) is 0. The lowest BCUT2D eigenvalue weighted by Crippen LogP contribution is -1.98. The summed E-state index contributed by atoms with van der Waals surface area (Å²) in [6.07, 6.45) is 2.62. The van der Waals surface area contributed by atoms with E-state index < -0.39 is 0 Å². The van der Waals surface area contributed by atoms with E-state index in [9.17, 15) is 0 Å². The quantitative estimate of drug-likeness (QED) is 0.534. The van der Waals surface area contributed by atoms with Gasteiger partial charge in [-0.3, -0.25) is 0 Å². The van der Waals surface area contributed by atoms with Gasteiger partial charge in [0, 0.05) is 0 Å². The first-order chi connectivity index (χ1) is 7.29. The molecule has 2 rings (SSSR count). The highest BCUT2D eigenvalue weighted by atomic mass is 35.5. The lowest BCUT2D eigenvalue weighted by atomic mass is 10.0. The summed E-state index contributed by atoms with van der Waals surface area (Å²) in [5, 5.41) is 2.56. The van der Waals surface area contributed by atoms with Crippen LogP contribution in [0.5, 0.6) is 0 Å². The van der Waals surface area contributed by atoms with E-state index in [0.29, 0.717) is 0 Å². The van der Waals surface area contributed by atoms with Crippen LogP contribution < -0.4 is 0 Å². The first kappa shape index (κ1) is 10.3. The Kier molecular flexibility index (Phi) is 3.08. The van der Waals surface area contributed by atoms with Gasteiger partial charge < -0.3 is 0 Å². The highest BCUT2D eigenvalue weighted by Crippen LogP contribution is 2.17. The Labute approximate surface area is 95.2 Å². The number of halogens is 1. The fourth-order valence-corrected chi connectivity index (χ4v) is 1.85. The Balaban J connectivity index is 2.34. The minimum atomic E-state index is 0.0196. The summed E-state index contributed by atoms with van der Waals surface area (Å²) in [6.45, 7) is 3.69. The van der Waals surface area contributed by atoms with Crippen LogP contribution in [0.1, 0.15) is 5.56 Å². The molecule has 2 aromatic carbocycles. The number of fused-ring (bicyclic) bond motifs is 1. The summed E-state index contributed by atoms with van der Waals surface area (Å²) >= 11 is 6.03. The van der Waals surface area contributed by atoms with Gasteiger partial charge in [-0.2, -0.15) is 0 Å². The molecule has 0 radical (unpaired) electrons. The molecular weight excluding hydrogens is 204 g/mol. The summed E-state index contributed by atoms with van der Waals surface area (Å²) in [5.41, 5.74) is 1.26. The highest BCUT2D eigenvalue weighted by molar-refractivity contribution is 6.21. The average Bonchev–Trinajstić information content (AvgIpc) is 2.29. The fraction of sp³-hybridized carbons (Fsp3) is 0.143. The Bertz CT molecular complexity index is 473. The summed E-state index contributed by atoms with van der Waals surface area (Å²) in [7, 11) is 0. The van der Waals surface area contributed by atoms with Crippen molar-refractivity contribution in [2.45, 2.75) is 11.8 Å². The molecule has 0 saturated carbocycles. The fourth-order valence-electron chi connectivity index (χ4n) is 1.67. The minimum Gasteiger partial charge on any atom is -0.118 e. The zero-order valence-corrected chi connectivity index (χ0v) is 9.24. The topological polar surface area (TPSA) is 0 Å². The normalized spacial score (nSPS) is 12.6. The van der Waals surface area contributed by atoms with Gasteiger partial charge in [0.15, 0.2) is 0 Å². The molecule has 15 heavy (non-hydrogen) atoms. The van der Waals surface area contributed by atoms with Gasteiger partial charge >= 0.3 is 0 Å². The molecule has 0 aliphatic carbocycles. The van der Waals surface area contributed by atoms with Crippen molar-refractivity contribution in [2.24, 2.45) is 0 Å². The van der Waals surface area contributed by atoms with Gasteiger partial charge in [0.2, 0.25) is 0 Å². The van der Waals surface area contributed by atoms with Crippen LogP contribution >= 0.6 is 11.6 Å². The van der Waals surface area contributed by atoms with Crippen LogP contribution in [0.3, 0.4) is 0 Å². The van der Waals surface area contributed by atoms with Crippen molar-refractivity contribution in [1.29, 1.82) is 0 Å². The van der Waals surface area contributed by atoms with E-state index in [-0.39, 0.29) is 5.38 Å². The molecule has 1 unspecified atom stereocenters. The highest BCUT2D eigenvalue weighted by Gasteiger charge is 2.01. The third kappa shape index (κ3) is 2.40. The van der Waals surface area contributed by atoms with Crippen molar-refractivity contribution in [2.75, 3.05) is 0 Å². The van der Waals surface area contributed by atoms with E-state index >= 15 is 0 Å². The second-order valence-corrected chi connectivity index (χ2v) is 4.20. The third-order valence-corrected chi connectivity index (χ3v) is 2.83. The first-order valence-electron chi connectivity index (χ1n) is 5.04. The van der Waals surface area contributed by atoms with Crippen LogP contribution in [-0.2, 0) is 6.42 Å². The van der Waals surface area contributed by atoms with Crippen molar-refractivity contribution in [3.05, 3.63) is 60.7 Å². The molecule has 0 aliphatic heterocycles. The molecule has 0 aliphatic rings. The van der Waals surface area contributed by atoms with Crippen molar-refractivity contribution < 1.29 is 0 Å². The Morgan fingerprint density at radius 2 is 1.87 bits per heavy atom. The number of benzene rings is 2. The molecule has 0 saturated heterocycles. The molecule has 0 fully saturated rings. The van der Waals surface area contributed by atoms with Crippen molar-refractivity contribution in [3.8, 4) is 0 Å². The first-order valence-corrected chi connectivity index (χ1v) is 5.47. The Morgan fingerprint density at radius 3 is 2.60 bits per heavy atom. The van der Waals surface area contributed by atoms with Gasteiger partial charge in [-0.15, -0.1) is 18.2 Å². The average molecular weight is 217 g/mol. The molecule has 0 heterocycles. The predicted octanol–water partition coefficient (Wildman–Crippen LogP) is 4.18. The van der Waals surface area contributed by atoms with E-state index in [2.05, 4.69) is 49.0 Å². The van der Waals surface area contributed by atoms with Gasteiger partial charge in [0.05, 0.1) is 5.38 Å². The number of rotatable bonds is 3. The minimum absolute atomic E-state index is 0.0196. The van der Waals surface area contributed by atoms with Crippen molar-refractivity contribution >= 4 is 22.4 Å². The summed E-state index contributed by atoms with van der Waals surface area (Å²) in [6, 6.07) is 14.8. The molecule has 1 atom stereocenters. The van der Waals surface area contributed by atoms with Gasteiger partial charge in [-0.05, 0) is 22.8 Å². The van der Waals surface area contributed by atoms with Gasteiger partial charge in [-0.25, -0.2) is 0 Å². The van der Waals surface area contributed by atoms with Crippen LogP contribution in [0.25, 0.3) is 10.8 Å². The molecule has 0 bridgehead atoms. The standard InChI is InChI=1S/C14H13Cl/c1-2-14(15)10-11-7-8-12-5-3-4-6-13(12)9-11/h2-9,14H,1,10H2. The zero-order chi connectivity index (χ0) is 10.7. The van der Waals surface area contributed by atoms with E-state index in [4.69, 9.17) is 11.6 Å². The van der Waals surface area contributed by atoms with E-state index in [1.165, 1.54) is 16.3 Å². The molecule has 0 N–H and O–H groups in total. The van der Waals surface area contributed by atoms with Crippen LogP contribution in [0, 0.1) is 0 Å². The van der Waals surface area contributed by atoms with E-state index in [1.54, 1.807) is 6.08 Å². The SMILES string of the molecule is C=CC(Cl)Cc1ccc2ccccc2c1. The number of allylic oxidation sites excluding steroid dienone is 1. The Morgan fingerprint density at radius 1 is 1.13 bits per heavy atom. The molecule has 2 aromatic rings.